The van der Waals surface area contributed by atoms with Crippen molar-refractivity contribution in [3.8, 4) is 0 Å². The lowest BCUT2D eigenvalue weighted by Gasteiger charge is -2.16. The zero-order valence-electron chi connectivity index (χ0n) is 12.6. The van der Waals surface area contributed by atoms with Crippen molar-refractivity contribution in [3.05, 3.63) is 48.5 Å². The van der Waals surface area contributed by atoms with Gasteiger partial charge in [-0.3, -0.25) is 0 Å². The van der Waals surface area contributed by atoms with Crippen LogP contribution in [0.25, 0.3) is 21.8 Å². The molecule has 0 saturated carbocycles. The number of hydrogen-bond donors (Lipinski definition) is 2. The van der Waals surface area contributed by atoms with Crippen LogP contribution >= 0.6 is 0 Å². The van der Waals surface area contributed by atoms with E-state index in [1.807, 2.05) is 0 Å². The zero-order valence-corrected chi connectivity index (χ0v) is 12.6. The summed E-state index contributed by atoms with van der Waals surface area (Å²) in [6, 6.07) is 17.2. The Morgan fingerprint density at radius 1 is 0.952 bits per heavy atom. The van der Waals surface area contributed by atoms with E-state index in [2.05, 4.69) is 72.3 Å². The first-order valence-electron chi connectivity index (χ1n) is 7.54. The predicted molar refractivity (Wildman–Crippen MR) is 88.6 cm³/mol. The molecule has 3 heteroatoms. The fourth-order valence-corrected chi connectivity index (χ4v) is 2.85. The maximum absolute atomic E-state index is 10.3. The number of rotatable bonds is 5. The highest BCUT2D eigenvalue weighted by Gasteiger charge is 2.13. The Hall–Kier alpha value is -1.84. The Morgan fingerprint density at radius 3 is 2.00 bits per heavy atom. The molecule has 1 heterocycles. The predicted octanol–water partition coefficient (Wildman–Crippen LogP) is 3.15. The van der Waals surface area contributed by atoms with Gasteiger partial charge in [0.15, 0.2) is 0 Å². The van der Waals surface area contributed by atoms with Crippen LogP contribution in [0.3, 0.4) is 0 Å². The van der Waals surface area contributed by atoms with E-state index in [1.165, 1.54) is 21.8 Å². The van der Waals surface area contributed by atoms with E-state index in [-0.39, 0.29) is 0 Å². The number of nitrogens with one attached hydrogen (secondary N) is 1. The van der Waals surface area contributed by atoms with Gasteiger partial charge in [0.25, 0.3) is 0 Å². The molecule has 3 rings (SSSR count). The molecule has 1 aromatic heterocycles. The average molecular weight is 282 g/mol. The van der Waals surface area contributed by atoms with Gasteiger partial charge < -0.3 is 15.0 Å². The van der Waals surface area contributed by atoms with Crippen LogP contribution < -0.4 is 5.32 Å². The van der Waals surface area contributed by atoms with Gasteiger partial charge in [0.05, 0.1) is 12.6 Å². The van der Waals surface area contributed by atoms with Crippen LogP contribution in [0.1, 0.15) is 13.8 Å². The lowest BCUT2D eigenvalue weighted by Crippen LogP contribution is -2.34. The summed E-state index contributed by atoms with van der Waals surface area (Å²) in [6.07, 6.45) is -0.397. The molecule has 0 fully saturated rings. The number of aromatic nitrogens is 1. The zero-order chi connectivity index (χ0) is 14.8. The highest BCUT2D eigenvalue weighted by Crippen LogP contribution is 2.28. The molecule has 3 nitrogen and oxygen atoms in total. The van der Waals surface area contributed by atoms with Crippen LogP contribution in [-0.2, 0) is 6.54 Å². The van der Waals surface area contributed by atoms with Crippen LogP contribution in [0, 0.1) is 0 Å². The number of aliphatic hydroxyl groups is 1. The second-order valence-corrected chi connectivity index (χ2v) is 5.86. The molecule has 21 heavy (non-hydrogen) atoms. The van der Waals surface area contributed by atoms with Gasteiger partial charge in [0.1, 0.15) is 0 Å². The highest BCUT2D eigenvalue weighted by atomic mass is 16.3. The third kappa shape index (κ3) is 2.80. The molecule has 1 unspecified atom stereocenters. The highest BCUT2D eigenvalue weighted by molar-refractivity contribution is 6.07. The summed E-state index contributed by atoms with van der Waals surface area (Å²) in [7, 11) is 0. The van der Waals surface area contributed by atoms with Gasteiger partial charge >= 0.3 is 0 Å². The van der Waals surface area contributed by atoms with Crippen LogP contribution in [0.2, 0.25) is 0 Å². The summed E-state index contributed by atoms with van der Waals surface area (Å²) in [4.78, 5) is 0. The largest absolute Gasteiger partial charge is 0.390 e. The van der Waals surface area contributed by atoms with Gasteiger partial charge in [0.2, 0.25) is 0 Å². The normalized spacial score (nSPS) is 13.3. The topological polar surface area (TPSA) is 37.2 Å². The number of hydrogen-bond acceptors (Lipinski definition) is 2. The SMILES string of the molecule is CC(C)NCC(O)Cn1c2ccccc2c2ccccc21. The van der Waals surface area contributed by atoms with Gasteiger partial charge in [0, 0.05) is 34.4 Å². The smallest absolute Gasteiger partial charge is 0.0843 e. The molecule has 3 aromatic rings. The van der Waals surface area contributed by atoms with E-state index >= 15 is 0 Å². The molecule has 0 amide bonds. The Morgan fingerprint density at radius 2 is 1.48 bits per heavy atom. The van der Waals surface area contributed by atoms with Crippen molar-refractivity contribution in [1.29, 1.82) is 0 Å². The first-order valence-corrected chi connectivity index (χ1v) is 7.54. The molecular weight excluding hydrogens is 260 g/mol. The summed E-state index contributed by atoms with van der Waals surface area (Å²) >= 11 is 0. The fraction of sp³-hybridized carbons (Fsp3) is 0.333. The van der Waals surface area contributed by atoms with Crippen molar-refractivity contribution >= 4 is 21.8 Å². The van der Waals surface area contributed by atoms with Gasteiger partial charge in [-0.05, 0) is 12.1 Å². The van der Waals surface area contributed by atoms with E-state index < -0.39 is 6.10 Å². The summed E-state index contributed by atoms with van der Waals surface area (Å²) in [5.74, 6) is 0. The number of fused-ring (bicyclic) bond motifs is 3. The minimum atomic E-state index is -0.397. The summed E-state index contributed by atoms with van der Waals surface area (Å²) in [5.41, 5.74) is 2.37. The Labute approximate surface area is 125 Å². The molecule has 0 radical (unpaired) electrons. The molecule has 0 spiro atoms. The monoisotopic (exact) mass is 282 g/mol. The Balaban J connectivity index is 1.99. The fourth-order valence-electron chi connectivity index (χ4n) is 2.85. The first kappa shape index (κ1) is 14.1. The van der Waals surface area contributed by atoms with Crippen molar-refractivity contribution in [2.24, 2.45) is 0 Å². The summed E-state index contributed by atoms with van der Waals surface area (Å²) in [5, 5.41) is 16.1. The van der Waals surface area contributed by atoms with Crippen LogP contribution in [0.15, 0.2) is 48.5 Å². The van der Waals surface area contributed by atoms with E-state index in [4.69, 9.17) is 0 Å². The second kappa shape index (κ2) is 5.88. The standard InChI is InChI=1S/C18H22N2O/c1-13(2)19-11-14(21)12-20-17-9-5-3-7-15(17)16-8-4-6-10-18(16)20/h3-10,13-14,19,21H,11-12H2,1-2H3. The lowest BCUT2D eigenvalue weighted by atomic mass is 10.2. The van der Waals surface area contributed by atoms with Gasteiger partial charge in [-0.1, -0.05) is 50.2 Å². The molecule has 0 saturated heterocycles. The molecule has 0 aliphatic rings. The molecule has 110 valence electrons. The third-order valence-corrected chi connectivity index (χ3v) is 3.83. The second-order valence-electron chi connectivity index (χ2n) is 5.86. The van der Waals surface area contributed by atoms with E-state index in [0.717, 1.165) is 0 Å². The quantitative estimate of drug-likeness (QED) is 0.754. The minimum Gasteiger partial charge on any atom is -0.390 e. The Kier molecular flexibility index (Phi) is 3.95. The number of nitrogens with zero attached hydrogens (tertiary/aromatic N) is 1. The molecular formula is C18H22N2O. The molecule has 0 aliphatic carbocycles. The number of para-hydroxylation sites is 2. The minimum absolute atomic E-state index is 0.387. The van der Waals surface area contributed by atoms with E-state index in [0.29, 0.717) is 19.1 Å². The van der Waals surface area contributed by atoms with Gasteiger partial charge in [-0.2, -0.15) is 0 Å². The summed E-state index contributed by atoms with van der Waals surface area (Å²) < 4.78 is 2.22. The molecule has 2 N–H and O–H groups in total. The average Bonchev–Trinajstić information content (AvgIpc) is 2.80. The third-order valence-electron chi connectivity index (χ3n) is 3.83. The first-order chi connectivity index (χ1) is 10.2. The molecule has 2 aromatic carbocycles. The summed E-state index contributed by atoms with van der Waals surface area (Å²) in [6.45, 7) is 5.40. The maximum Gasteiger partial charge on any atom is 0.0843 e. The van der Waals surface area contributed by atoms with Crippen LogP contribution in [0.4, 0.5) is 0 Å². The van der Waals surface area contributed by atoms with Crippen molar-refractivity contribution in [1.82, 2.24) is 9.88 Å². The molecule has 0 bridgehead atoms. The van der Waals surface area contributed by atoms with Gasteiger partial charge in [-0.25, -0.2) is 0 Å². The van der Waals surface area contributed by atoms with Crippen molar-refractivity contribution in [2.45, 2.75) is 32.5 Å². The van der Waals surface area contributed by atoms with Crippen molar-refractivity contribution in [2.75, 3.05) is 6.54 Å². The molecule has 1 atom stereocenters. The van der Waals surface area contributed by atoms with Crippen molar-refractivity contribution < 1.29 is 5.11 Å². The number of aliphatic hydroxyl groups excluding tert-OH is 1. The Bertz CT molecular complexity index is 692. The van der Waals surface area contributed by atoms with Crippen LogP contribution in [0.5, 0.6) is 0 Å². The van der Waals surface area contributed by atoms with E-state index in [1.54, 1.807) is 0 Å². The van der Waals surface area contributed by atoms with Crippen molar-refractivity contribution in [3.63, 3.8) is 0 Å². The molecule has 0 aliphatic heterocycles. The van der Waals surface area contributed by atoms with E-state index in [9.17, 15) is 5.11 Å². The van der Waals surface area contributed by atoms with Crippen LogP contribution in [-0.4, -0.2) is 28.4 Å². The maximum atomic E-state index is 10.3. The van der Waals surface area contributed by atoms with Gasteiger partial charge in [-0.15, -0.1) is 0 Å². The lowest BCUT2D eigenvalue weighted by molar-refractivity contribution is 0.151. The number of benzene rings is 2.